The van der Waals surface area contributed by atoms with Crippen LogP contribution in [0.3, 0.4) is 0 Å². The lowest BCUT2D eigenvalue weighted by molar-refractivity contribution is 0.102. The summed E-state index contributed by atoms with van der Waals surface area (Å²) in [7, 11) is 0. The minimum atomic E-state index is -0.166. The molecule has 25 heavy (non-hydrogen) atoms. The lowest BCUT2D eigenvalue weighted by Crippen LogP contribution is -2.12. The van der Waals surface area contributed by atoms with E-state index in [9.17, 15) is 4.79 Å². The molecule has 126 valence electrons. The number of aryl methyl sites for hydroxylation is 1. The largest absolute Gasteiger partial charge is 0.489 e. The topological polar surface area (TPSA) is 38.3 Å². The van der Waals surface area contributed by atoms with Gasteiger partial charge in [-0.05, 0) is 54.4 Å². The summed E-state index contributed by atoms with van der Waals surface area (Å²) in [6.07, 6.45) is 0. The first-order valence-electron chi connectivity index (χ1n) is 7.96. The monoisotopic (exact) mass is 351 g/mol. The first kappa shape index (κ1) is 17.1. The zero-order valence-electron chi connectivity index (χ0n) is 13.8. The van der Waals surface area contributed by atoms with Crippen LogP contribution in [0.5, 0.6) is 5.75 Å². The van der Waals surface area contributed by atoms with Crippen molar-refractivity contribution in [1.29, 1.82) is 0 Å². The van der Waals surface area contributed by atoms with Gasteiger partial charge in [0.25, 0.3) is 5.91 Å². The molecule has 3 rings (SSSR count). The average molecular weight is 352 g/mol. The van der Waals surface area contributed by atoms with E-state index in [1.165, 1.54) is 0 Å². The molecule has 0 unspecified atom stereocenters. The van der Waals surface area contributed by atoms with Crippen molar-refractivity contribution in [2.75, 3.05) is 5.32 Å². The molecule has 0 heterocycles. The first-order chi connectivity index (χ1) is 12.1. The number of benzene rings is 3. The Balaban J connectivity index is 1.63. The molecule has 3 aromatic rings. The quantitative estimate of drug-likeness (QED) is 0.661. The maximum Gasteiger partial charge on any atom is 0.255 e. The van der Waals surface area contributed by atoms with Gasteiger partial charge in [0.1, 0.15) is 12.4 Å². The number of halogens is 1. The van der Waals surface area contributed by atoms with Crippen LogP contribution in [0.2, 0.25) is 5.02 Å². The van der Waals surface area contributed by atoms with Gasteiger partial charge in [-0.2, -0.15) is 0 Å². The van der Waals surface area contributed by atoms with E-state index < -0.39 is 0 Å². The van der Waals surface area contributed by atoms with Gasteiger partial charge in [0.2, 0.25) is 0 Å². The minimum absolute atomic E-state index is 0.166. The summed E-state index contributed by atoms with van der Waals surface area (Å²) in [4.78, 5) is 12.4. The normalized spacial score (nSPS) is 10.3. The molecule has 0 aromatic heterocycles. The molecular formula is C21H18ClNO2. The predicted molar refractivity (Wildman–Crippen MR) is 101 cm³/mol. The maximum absolute atomic E-state index is 12.4. The molecule has 0 bridgehead atoms. The van der Waals surface area contributed by atoms with Crippen LogP contribution >= 0.6 is 11.6 Å². The Kier molecular flexibility index (Phi) is 5.36. The number of anilines is 1. The standard InChI is InChI=1S/C21H18ClNO2/c1-15-7-12-18(22)13-20(15)23-21(24)17-10-8-16(9-11-17)14-25-19-5-3-2-4-6-19/h2-13H,14H2,1H3,(H,23,24). The van der Waals surface area contributed by atoms with Gasteiger partial charge in [-0.3, -0.25) is 4.79 Å². The number of ether oxygens (including phenoxy) is 1. The minimum Gasteiger partial charge on any atom is -0.489 e. The molecule has 3 nitrogen and oxygen atoms in total. The predicted octanol–water partition coefficient (Wildman–Crippen LogP) is 5.48. The van der Waals surface area contributed by atoms with Crippen molar-refractivity contribution < 1.29 is 9.53 Å². The zero-order valence-corrected chi connectivity index (χ0v) is 14.6. The summed E-state index contributed by atoms with van der Waals surface area (Å²) in [5.74, 6) is 0.654. The molecule has 0 atom stereocenters. The van der Waals surface area contributed by atoms with Gasteiger partial charge in [-0.15, -0.1) is 0 Å². The van der Waals surface area contributed by atoms with Crippen LogP contribution in [0.25, 0.3) is 0 Å². The lowest BCUT2D eigenvalue weighted by Gasteiger charge is -2.10. The summed E-state index contributed by atoms with van der Waals surface area (Å²) in [5.41, 5.74) is 3.27. The van der Waals surface area contributed by atoms with Crippen LogP contribution in [0.15, 0.2) is 72.8 Å². The Morgan fingerprint density at radius 1 is 1.00 bits per heavy atom. The summed E-state index contributed by atoms with van der Waals surface area (Å²) < 4.78 is 5.70. The second kappa shape index (κ2) is 7.86. The molecular weight excluding hydrogens is 334 g/mol. The first-order valence-corrected chi connectivity index (χ1v) is 8.34. The molecule has 0 fully saturated rings. The molecule has 1 N–H and O–H groups in total. The highest BCUT2D eigenvalue weighted by Gasteiger charge is 2.08. The summed E-state index contributed by atoms with van der Waals surface area (Å²) in [5, 5.41) is 3.48. The summed E-state index contributed by atoms with van der Waals surface area (Å²) in [6, 6.07) is 22.4. The van der Waals surface area contributed by atoms with E-state index >= 15 is 0 Å². The SMILES string of the molecule is Cc1ccc(Cl)cc1NC(=O)c1ccc(COc2ccccc2)cc1. The van der Waals surface area contributed by atoms with Gasteiger partial charge in [0.15, 0.2) is 0 Å². The van der Waals surface area contributed by atoms with Gasteiger partial charge >= 0.3 is 0 Å². The number of amides is 1. The van der Waals surface area contributed by atoms with E-state index in [0.29, 0.717) is 22.9 Å². The fourth-order valence-electron chi connectivity index (χ4n) is 2.36. The van der Waals surface area contributed by atoms with E-state index in [2.05, 4.69) is 5.32 Å². The molecule has 4 heteroatoms. The number of carbonyl (C=O) groups excluding carboxylic acids is 1. The highest BCUT2D eigenvalue weighted by molar-refractivity contribution is 6.31. The van der Waals surface area contributed by atoms with Gasteiger partial charge < -0.3 is 10.1 Å². The van der Waals surface area contributed by atoms with E-state index in [0.717, 1.165) is 16.9 Å². The Labute approximate surface area is 152 Å². The number of hydrogen-bond acceptors (Lipinski definition) is 2. The number of para-hydroxylation sites is 1. The van der Waals surface area contributed by atoms with Crippen molar-refractivity contribution in [3.8, 4) is 5.75 Å². The third kappa shape index (κ3) is 4.61. The van der Waals surface area contributed by atoms with Crippen LogP contribution < -0.4 is 10.1 Å². The van der Waals surface area contributed by atoms with E-state index in [1.54, 1.807) is 24.3 Å². The highest BCUT2D eigenvalue weighted by atomic mass is 35.5. The molecule has 0 saturated heterocycles. The van der Waals surface area contributed by atoms with E-state index in [1.807, 2.05) is 55.5 Å². The van der Waals surface area contributed by atoms with Gasteiger partial charge in [0.05, 0.1) is 0 Å². The van der Waals surface area contributed by atoms with Crippen molar-refractivity contribution in [2.24, 2.45) is 0 Å². The smallest absolute Gasteiger partial charge is 0.255 e. The molecule has 1 amide bonds. The van der Waals surface area contributed by atoms with Crippen molar-refractivity contribution in [1.82, 2.24) is 0 Å². The van der Waals surface area contributed by atoms with Crippen LogP contribution in [-0.4, -0.2) is 5.91 Å². The molecule has 0 saturated carbocycles. The van der Waals surface area contributed by atoms with E-state index in [4.69, 9.17) is 16.3 Å². The number of carbonyl (C=O) groups is 1. The fraction of sp³-hybridized carbons (Fsp3) is 0.0952. The molecule has 0 aliphatic carbocycles. The Bertz CT molecular complexity index is 861. The van der Waals surface area contributed by atoms with Gasteiger partial charge in [0, 0.05) is 16.3 Å². The van der Waals surface area contributed by atoms with Crippen molar-refractivity contribution in [2.45, 2.75) is 13.5 Å². The molecule has 0 aliphatic rings. The highest BCUT2D eigenvalue weighted by Crippen LogP contribution is 2.21. The van der Waals surface area contributed by atoms with Crippen molar-refractivity contribution in [3.63, 3.8) is 0 Å². The van der Waals surface area contributed by atoms with Crippen LogP contribution in [0.1, 0.15) is 21.5 Å². The number of hydrogen-bond donors (Lipinski definition) is 1. The van der Waals surface area contributed by atoms with Crippen LogP contribution in [-0.2, 0) is 6.61 Å². The second-order valence-electron chi connectivity index (χ2n) is 5.71. The number of nitrogens with one attached hydrogen (secondary N) is 1. The van der Waals surface area contributed by atoms with Gasteiger partial charge in [-0.25, -0.2) is 0 Å². The number of rotatable bonds is 5. The van der Waals surface area contributed by atoms with Crippen molar-refractivity contribution >= 4 is 23.2 Å². The lowest BCUT2D eigenvalue weighted by atomic mass is 10.1. The summed E-state index contributed by atoms with van der Waals surface area (Å²) >= 11 is 5.99. The Hall–Kier alpha value is -2.78. The van der Waals surface area contributed by atoms with Crippen molar-refractivity contribution in [3.05, 3.63) is 94.5 Å². The molecule has 0 spiro atoms. The molecule has 3 aromatic carbocycles. The fourth-order valence-corrected chi connectivity index (χ4v) is 2.53. The maximum atomic E-state index is 12.4. The van der Waals surface area contributed by atoms with Crippen LogP contribution in [0.4, 0.5) is 5.69 Å². The van der Waals surface area contributed by atoms with Crippen LogP contribution in [0, 0.1) is 6.92 Å². The zero-order chi connectivity index (χ0) is 17.6. The Morgan fingerprint density at radius 2 is 1.72 bits per heavy atom. The average Bonchev–Trinajstić information content (AvgIpc) is 2.64. The molecule has 0 aliphatic heterocycles. The Morgan fingerprint density at radius 3 is 2.44 bits per heavy atom. The second-order valence-corrected chi connectivity index (χ2v) is 6.15. The van der Waals surface area contributed by atoms with Gasteiger partial charge in [-0.1, -0.05) is 48.0 Å². The van der Waals surface area contributed by atoms with E-state index in [-0.39, 0.29) is 5.91 Å². The summed E-state index contributed by atoms with van der Waals surface area (Å²) in [6.45, 7) is 2.38. The molecule has 0 radical (unpaired) electrons. The third-order valence-electron chi connectivity index (χ3n) is 3.81. The third-order valence-corrected chi connectivity index (χ3v) is 4.05.